The predicted octanol–water partition coefficient (Wildman–Crippen LogP) is 3.64. The van der Waals surface area contributed by atoms with E-state index in [9.17, 15) is 17.6 Å². The van der Waals surface area contributed by atoms with E-state index >= 15 is 0 Å². The summed E-state index contributed by atoms with van der Waals surface area (Å²) in [7, 11) is -3.67. The number of carbonyl (C=O) groups excluding carboxylic acids is 1. The Morgan fingerprint density at radius 3 is 2.56 bits per heavy atom. The van der Waals surface area contributed by atoms with Gasteiger partial charge in [0.15, 0.2) is 5.76 Å². The number of hydrogen-bond acceptors (Lipinski definition) is 4. The lowest BCUT2D eigenvalue weighted by molar-refractivity contribution is 0.0995. The van der Waals surface area contributed by atoms with E-state index in [0.29, 0.717) is 24.3 Å². The van der Waals surface area contributed by atoms with Gasteiger partial charge < -0.3 is 9.73 Å². The number of nitrogens with one attached hydrogen (secondary N) is 1. The highest BCUT2D eigenvalue weighted by Crippen LogP contribution is 2.41. The first-order valence-electron chi connectivity index (χ1n) is 9.07. The molecule has 2 heterocycles. The van der Waals surface area contributed by atoms with E-state index < -0.39 is 15.9 Å². The normalized spacial score (nSPS) is 18.0. The Bertz CT molecular complexity index is 989. The van der Waals surface area contributed by atoms with Crippen molar-refractivity contribution in [3.05, 3.63) is 47.2 Å². The van der Waals surface area contributed by atoms with Crippen molar-refractivity contribution in [2.75, 3.05) is 18.4 Å². The third kappa shape index (κ3) is 3.51. The summed E-state index contributed by atoms with van der Waals surface area (Å²) in [5, 5.41) is 2.57. The van der Waals surface area contributed by atoms with Crippen LogP contribution in [0.2, 0.25) is 0 Å². The fourth-order valence-corrected chi connectivity index (χ4v) is 5.10. The number of halogens is 1. The molecule has 1 aliphatic carbocycles. The lowest BCUT2D eigenvalue weighted by Crippen LogP contribution is -2.28. The molecule has 1 aliphatic heterocycles. The van der Waals surface area contributed by atoms with Crippen molar-refractivity contribution >= 4 is 21.6 Å². The highest BCUT2D eigenvalue weighted by atomic mass is 32.2. The van der Waals surface area contributed by atoms with Crippen molar-refractivity contribution in [1.29, 1.82) is 0 Å². The molecule has 1 saturated carbocycles. The first-order valence-corrected chi connectivity index (χ1v) is 10.5. The van der Waals surface area contributed by atoms with Gasteiger partial charge in [-0.15, -0.1) is 0 Å². The summed E-state index contributed by atoms with van der Waals surface area (Å²) in [4.78, 5) is 12.4. The zero-order chi connectivity index (χ0) is 19.2. The van der Waals surface area contributed by atoms with Crippen LogP contribution in [0.15, 0.2) is 33.6 Å². The fraction of sp³-hybridized carbons (Fsp3) is 0.421. The standard InChI is InChI=1S/C19H21FN2O4S/c1-12-18(27(24,25)22-8-2-3-9-22)11-17(26-12)19(23)21-14-6-7-15(13-4-5-13)16(20)10-14/h6-7,10-11,13H,2-5,8-9H2,1H3,(H,21,23). The number of benzene rings is 1. The minimum atomic E-state index is -3.67. The van der Waals surface area contributed by atoms with Gasteiger partial charge in [0.05, 0.1) is 0 Å². The predicted molar refractivity (Wildman–Crippen MR) is 97.8 cm³/mol. The average molecular weight is 392 g/mol. The van der Waals surface area contributed by atoms with Crippen molar-refractivity contribution in [2.24, 2.45) is 0 Å². The molecule has 0 atom stereocenters. The summed E-state index contributed by atoms with van der Waals surface area (Å²) >= 11 is 0. The van der Waals surface area contributed by atoms with E-state index in [4.69, 9.17) is 4.42 Å². The van der Waals surface area contributed by atoms with Crippen LogP contribution in [-0.2, 0) is 10.0 Å². The molecule has 1 amide bonds. The molecule has 2 fully saturated rings. The van der Waals surface area contributed by atoms with Gasteiger partial charge >= 0.3 is 0 Å². The van der Waals surface area contributed by atoms with Gasteiger partial charge in [0.1, 0.15) is 16.5 Å². The molecule has 2 aliphatic rings. The van der Waals surface area contributed by atoms with Crippen LogP contribution in [0.1, 0.15) is 53.5 Å². The molecule has 27 heavy (non-hydrogen) atoms. The first-order chi connectivity index (χ1) is 12.9. The van der Waals surface area contributed by atoms with Gasteiger partial charge in [-0.05, 0) is 56.2 Å². The van der Waals surface area contributed by atoms with Crippen molar-refractivity contribution in [3.8, 4) is 0 Å². The summed E-state index contributed by atoms with van der Waals surface area (Å²) in [6.45, 7) is 2.46. The van der Waals surface area contributed by atoms with Crippen molar-refractivity contribution in [2.45, 2.75) is 43.4 Å². The Hall–Kier alpha value is -2.19. The topological polar surface area (TPSA) is 79.6 Å². The summed E-state index contributed by atoms with van der Waals surface area (Å²) in [5.41, 5.74) is 0.973. The number of amides is 1. The van der Waals surface area contributed by atoms with E-state index in [2.05, 4.69) is 5.32 Å². The van der Waals surface area contributed by atoms with Crippen LogP contribution in [0.3, 0.4) is 0 Å². The Balaban J connectivity index is 1.53. The number of furan rings is 1. The van der Waals surface area contributed by atoms with Crippen LogP contribution in [0, 0.1) is 12.7 Å². The van der Waals surface area contributed by atoms with Crippen LogP contribution in [0.25, 0.3) is 0 Å². The van der Waals surface area contributed by atoms with Crippen LogP contribution in [-0.4, -0.2) is 31.7 Å². The number of anilines is 1. The lowest BCUT2D eigenvalue weighted by Gasteiger charge is -2.14. The Kier molecular flexibility index (Phi) is 4.55. The number of rotatable bonds is 5. The van der Waals surface area contributed by atoms with E-state index in [-0.39, 0.29) is 28.2 Å². The summed E-state index contributed by atoms with van der Waals surface area (Å²) in [5.74, 6) is -0.622. The van der Waals surface area contributed by atoms with Gasteiger partial charge in [0, 0.05) is 24.8 Å². The second kappa shape index (κ2) is 6.76. The summed E-state index contributed by atoms with van der Waals surface area (Å²) in [6.07, 6.45) is 3.63. The third-order valence-corrected chi connectivity index (χ3v) is 7.06. The van der Waals surface area contributed by atoms with Gasteiger partial charge in [0.25, 0.3) is 5.91 Å². The Labute approximate surface area is 157 Å². The molecule has 2 aromatic rings. The van der Waals surface area contributed by atoms with Gasteiger partial charge in [0.2, 0.25) is 10.0 Å². The van der Waals surface area contributed by atoms with E-state index in [0.717, 1.165) is 25.7 Å². The van der Waals surface area contributed by atoms with Crippen molar-refractivity contribution in [3.63, 3.8) is 0 Å². The Morgan fingerprint density at radius 1 is 1.22 bits per heavy atom. The fourth-order valence-electron chi connectivity index (χ4n) is 3.42. The SMILES string of the molecule is Cc1oc(C(=O)Nc2ccc(C3CC3)c(F)c2)cc1S(=O)(=O)N1CCCC1. The number of nitrogens with zero attached hydrogens (tertiary/aromatic N) is 1. The molecule has 0 radical (unpaired) electrons. The van der Waals surface area contributed by atoms with Gasteiger partial charge in [-0.1, -0.05) is 6.07 Å². The van der Waals surface area contributed by atoms with E-state index in [1.807, 2.05) is 0 Å². The average Bonchev–Trinajstić information content (AvgIpc) is 3.14. The van der Waals surface area contributed by atoms with E-state index in [1.54, 1.807) is 12.1 Å². The monoisotopic (exact) mass is 392 g/mol. The number of carbonyl (C=O) groups is 1. The molecule has 1 saturated heterocycles. The molecular formula is C19H21FN2O4S. The molecule has 0 bridgehead atoms. The van der Waals surface area contributed by atoms with Crippen molar-refractivity contribution < 1.29 is 22.0 Å². The molecule has 6 nitrogen and oxygen atoms in total. The minimum Gasteiger partial charge on any atom is -0.455 e. The second-order valence-corrected chi connectivity index (χ2v) is 9.01. The number of hydrogen-bond donors (Lipinski definition) is 1. The number of aryl methyl sites for hydroxylation is 1. The molecule has 4 rings (SSSR count). The lowest BCUT2D eigenvalue weighted by atomic mass is 10.1. The third-order valence-electron chi connectivity index (χ3n) is 5.05. The zero-order valence-electron chi connectivity index (χ0n) is 15.0. The maximum absolute atomic E-state index is 14.1. The largest absolute Gasteiger partial charge is 0.455 e. The van der Waals surface area contributed by atoms with E-state index in [1.165, 1.54) is 23.4 Å². The van der Waals surface area contributed by atoms with Crippen LogP contribution in [0.4, 0.5) is 10.1 Å². The first kappa shape index (κ1) is 18.2. The zero-order valence-corrected chi connectivity index (χ0v) is 15.8. The second-order valence-electron chi connectivity index (χ2n) is 7.11. The molecule has 0 spiro atoms. The summed E-state index contributed by atoms with van der Waals surface area (Å²) in [6, 6.07) is 5.85. The molecule has 8 heteroatoms. The van der Waals surface area contributed by atoms with Crippen molar-refractivity contribution in [1.82, 2.24) is 4.31 Å². The highest BCUT2D eigenvalue weighted by molar-refractivity contribution is 7.89. The number of sulfonamides is 1. The quantitative estimate of drug-likeness (QED) is 0.842. The highest BCUT2D eigenvalue weighted by Gasteiger charge is 2.32. The minimum absolute atomic E-state index is 0.00446. The molecule has 0 unspecified atom stereocenters. The molecule has 1 aromatic carbocycles. The molecule has 1 aromatic heterocycles. The smallest absolute Gasteiger partial charge is 0.291 e. The van der Waals surface area contributed by atoms with Crippen LogP contribution >= 0.6 is 0 Å². The maximum Gasteiger partial charge on any atom is 0.291 e. The van der Waals surface area contributed by atoms with Crippen LogP contribution < -0.4 is 5.32 Å². The van der Waals surface area contributed by atoms with Gasteiger partial charge in [-0.2, -0.15) is 4.31 Å². The summed E-state index contributed by atoms with van der Waals surface area (Å²) < 4.78 is 46.3. The molecule has 144 valence electrons. The molecule has 1 N–H and O–H groups in total. The Morgan fingerprint density at radius 2 is 1.93 bits per heavy atom. The maximum atomic E-state index is 14.1. The van der Waals surface area contributed by atoms with Gasteiger partial charge in [-0.3, -0.25) is 4.79 Å². The van der Waals surface area contributed by atoms with Crippen LogP contribution in [0.5, 0.6) is 0 Å². The molecular weight excluding hydrogens is 371 g/mol. The van der Waals surface area contributed by atoms with Gasteiger partial charge in [-0.25, -0.2) is 12.8 Å².